The highest BCUT2D eigenvalue weighted by molar-refractivity contribution is 5.78. The van der Waals surface area contributed by atoms with Crippen LogP contribution in [0.25, 0.3) is 0 Å². The van der Waals surface area contributed by atoms with Gasteiger partial charge in [-0.05, 0) is 56.8 Å². The summed E-state index contributed by atoms with van der Waals surface area (Å²) in [6, 6.07) is 6.73. The predicted octanol–water partition coefficient (Wildman–Crippen LogP) is 3.85. The molecular weight excluding hydrogens is 272 g/mol. The van der Waals surface area contributed by atoms with Gasteiger partial charge < -0.3 is 5.32 Å². The molecular formula is C19H32N2O. The summed E-state index contributed by atoms with van der Waals surface area (Å²) < 4.78 is 0. The maximum absolute atomic E-state index is 12.3. The number of amides is 1. The van der Waals surface area contributed by atoms with Crippen molar-refractivity contribution in [2.24, 2.45) is 5.41 Å². The summed E-state index contributed by atoms with van der Waals surface area (Å²) >= 11 is 0. The van der Waals surface area contributed by atoms with E-state index in [2.05, 4.69) is 70.0 Å². The summed E-state index contributed by atoms with van der Waals surface area (Å²) in [6.45, 7) is 15.4. The fourth-order valence-corrected chi connectivity index (χ4v) is 2.43. The molecule has 1 N–H and O–H groups in total. The molecule has 0 heterocycles. The molecule has 3 heteroatoms. The molecule has 0 spiro atoms. The van der Waals surface area contributed by atoms with Crippen molar-refractivity contribution in [3.8, 4) is 0 Å². The number of benzene rings is 1. The summed E-state index contributed by atoms with van der Waals surface area (Å²) in [6.07, 6.45) is 0. The normalized spacial score (nSPS) is 14.8. The van der Waals surface area contributed by atoms with Crippen LogP contribution < -0.4 is 5.32 Å². The van der Waals surface area contributed by atoms with E-state index >= 15 is 0 Å². The van der Waals surface area contributed by atoms with Gasteiger partial charge in [0.15, 0.2) is 0 Å². The number of aryl methyl sites for hydroxylation is 2. The lowest BCUT2D eigenvalue weighted by Gasteiger charge is -2.35. The quantitative estimate of drug-likeness (QED) is 0.896. The lowest BCUT2D eigenvalue weighted by molar-refractivity contribution is -0.123. The largest absolute Gasteiger partial charge is 0.348 e. The van der Waals surface area contributed by atoms with Gasteiger partial charge in [-0.2, -0.15) is 0 Å². The van der Waals surface area contributed by atoms with Gasteiger partial charge in [0.05, 0.1) is 12.6 Å². The average Bonchev–Trinajstić information content (AvgIpc) is 2.39. The van der Waals surface area contributed by atoms with Gasteiger partial charge in [-0.25, -0.2) is 0 Å². The Balaban J connectivity index is 2.62. The second-order valence-electron chi connectivity index (χ2n) is 7.59. The van der Waals surface area contributed by atoms with Gasteiger partial charge in [-0.15, -0.1) is 0 Å². The van der Waals surface area contributed by atoms with Crippen molar-refractivity contribution in [2.45, 2.75) is 60.5 Å². The molecule has 124 valence electrons. The van der Waals surface area contributed by atoms with Crippen LogP contribution in [0.4, 0.5) is 0 Å². The monoisotopic (exact) mass is 304 g/mol. The molecule has 0 bridgehead atoms. The van der Waals surface area contributed by atoms with E-state index in [1.807, 2.05) is 14.0 Å². The van der Waals surface area contributed by atoms with Crippen molar-refractivity contribution < 1.29 is 4.79 Å². The maximum Gasteiger partial charge on any atom is 0.234 e. The van der Waals surface area contributed by atoms with Gasteiger partial charge in [0.25, 0.3) is 0 Å². The first-order chi connectivity index (χ1) is 10.0. The van der Waals surface area contributed by atoms with E-state index in [1.165, 1.54) is 11.1 Å². The Morgan fingerprint density at radius 3 is 2.27 bits per heavy atom. The third kappa shape index (κ3) is 5.13. The van der Waals surface area contributed by atoms with E-state index < -0.39 is 0 Å². The van der Waals surface area contributed by atoms with E-state index in [0.29, 0.717) is 12.6 Å². The van der Waals surface area contributed by atoms with Crippen LogP contribution in [0.15, 0.2) is 18.2 Å². The fourth-order valence-electron chi connectivity index (χ4n) is 2.43. The number of hydrogen-bond donors (Lipinski definition) is 1. The predicted molar refractivity (Wildman–Crippen MR) is 94.0 cm³/mol. The summed E-state index contributed by atoms with van der Waals surface area (Å²) in [5.74, 6) is 0.0735. The van der Waals surface area contributed by atoms with Gasteiger partial charge in [0.1, 0.15) is 0 Å². The standard InChI is InChI=1S/C19H32N2O/c1-13-9-10-17(11-14(13)2)15(3)20-18(22)12-21(8)16(4)19(5,6)7/h9-11,15-16H,12H2,1-8H3,(H,20,22)/t15-,16+/m1/s1. The lowest BCUT2D eigenvalue weighted by Crippen LogP contribution is -2.45. The highest BCUT2D eigenvalue weighted by Crippen LogP contribution is 2.23. The molecule has 1 rings (SSSR count). The molecule has 0 aromatic heterocycles. The number of carbonyl (C=O) groups excluding carboxylic acids is 1. The molecule has 0 aliphatic rings. The van der Waals surface area contributed by atoms with Gasteiger partial charge in [-0.3, -0.25) is 9.69 Å². The van der Waals surface area contributed by atoms with Gasteiger partial charge in [0, 0.05) is 6.04 Å². The lowest BCUT2D eigenvalue weighted by atomic mass is 9.87. The molecule has 1 aromatic rings. The van der Waals surface area contributed by atoms with Crippen LogP contribution in [0, 0.1) is 19.3 Å². The van der Waals surface area contributed by atoms with Crippen molar-refractivity contribution in [3.63, 3.8) is 0 Å². The summed E-state index contributed by atoms with van der Waals surface area (Å²) in [5.41, 5.74) is 3.86. The van der Waals surface area contributed by atoms with Crippen LogP contribution in [-0.4, -0.2) is 30.4 Å². The summed E-state index contributed by atoms with van der Waals surface area (Å²) in [5, 5.41) is 3.10. The van der Waals surface area contributed by atoms with E-state index in [0.717, 1.165) is 5.56 Å². The minimum atomic E-state index is 0.0325. The Bertz CT molecular complexity index is 517. The Kier molecular flexibility index (Phi) is 6.18. The zero-order valence-corrected chi connectivity index (χ0v) is 15.4. The molecule has 1 aromatic carbocycles. The molecule has 0 aliphatic heterocycles. The minimum absolute atomic E-state index is 0.0325. The van der Waals surface area contributed by atoms with E-state index in [4.69, 9.17) is 0 Å². The van der Waals surface area contributed by atoms with Crippen LogP contribution in [0.2, 0.25) is 0 Å². The first-order valence-electron chi connectivity index (χ1n) is 8.09. The molecule has 0 saturated carbocycles. The number of likely N-dealkylation sites (N-methyl/N-ethyl adjacent to an activating group) is 1. The third-order valence-corrected chi connectivity index (χ3v) is 4.72. The summed E-state index contributed by atoms with van der Waals surface area (Å²) in [7, 11) is 2.01. The zero-order chi connectivity index (χ0) is 17.1. The highest BCUT2D eigenvalue weighted by atomic mass is 16.2. The van der Waals surface area contributed by atoms with E-state index in [9.17, 15) is 4.79 Å². The number of rotatable bonds is 5. The van der Waals surface area contributed by atoms with Crippen LogP contribution in [0.3, 0.4) is 0 Å². The summed E-state index contributed by atoms with van der Waals surface area (Å²) in [4.78, 5) is 14.4. The van der Waals surface area contributed by atoms with Gasteiger partial charge in [-0.1, -0.05) is 39.0 Å². The third-order valence-electron chi connectivity index (χ3n) is 4.72. The average molecular weight is 304 g/mol. The Labute approximate surface area is 136 Å². The first-order valence-corrected chi connectivity index (χ1v) is 8.09. The van der Waals surface area contributed by atoms with Crippen molar-refractivity contribution in [2.75, 3.05) is 13.6 Å². The Morgan fingerprint density at radius 1 is 1.18 bits per heavy atom. The molecule has 0 radical (unpaired) electrons. The second kappa shape index (κ2) is 7.28. The number of carbonyl (C=O) groups is 1. The van der Waals surface area contributed by atoms with Crippen molar-refractivity contribution in [3.05, 3.63) is 34.9 Å². The van der Waals surface area contributed by atoms with Crippen LogP contribution >= 0.6 is 0 Å². The smallest absolute Gasteiger partial charge is 0.234 e. The van der Waals surface area contributed by atoms with Crippen LogP contribution in [-0.2, 0) is 4.79 Å². The molecule has 0 unspecified atom stereocenters. The first kappa shape index (κ1) is 18.7. The minimum Gasteiger partial charge on any atom is -0.348 e. The highest BCUT2D eigenvalue weighted by Gasteiger charge is 2.25. The van der Waals surface area contributed by atoms with Gasteiger partial charge >= 0.3 is 0 Å². The van der Waals surface area contributed by atoms with Crippen molar-refractivity contribution in [1.29, 1.82) is 0 Å². The van der Waals surface area contributed by atoms with Crippen molar-refractivity contribution >= 4 is 5.91 Å². The fraction of sp³-hybridized carbons (Fsp3) is 0.632. The SMILES string of the molecule is Cc1ccc([C@@H](C)NC(=O)CN(C)[C@@H](C)C(C)(C)C)cc1C. The molecule has 2 atom stereocenters. The Morgan fingerprint density at radius 2 is 1.77 bits per heavy atom. The van der Waals surface area contributed by atoms with Crippen molar-refractivity contribution in [1.82, 2.24) is 10.2 Å². The molecule has 0 fully saturated rings. The number of nitrogens with one attached hydrogen (secondary N) is 1. The van der Waals surface area contributed by atoms with E-state index in [1.54, 1.807) is 0 Å². The zero-order valence-electron chi connectivity index (χ0n) is 15.4. The maximum atomic E-state index is 12.3. The van der Waals surface area contributed by atoms with Gasteiger partial charge in [0.2, 0.25) is 5.91 Å². The Hall–Kier alpha value is -1.35. The van der Waals surface area contributed by atoms with E-state index in [-0.39, 0.29) is 17.4 Å². The number of hydrogen-bond acceptors (Lipinski definition) is 2. The molecule has 22 heavy (non-hydrogen) atoms. The molecule has 0 aliphatic carbocycles. The topological polar surface area (TPSA) is 32.3 Å². The number of nitrogens with zero attached hydrogens (tertiary/aromatic N) is 1. The second-order valence-corrected chi connectivity index (χ2v) is 7.59. The van der Waals surface area contributed by atoms with Crippen LogP contribution in [0.1, 0.15) is 57.4 Å². The molecule has 1 amide bonds. The molecule has 3 nitrogen and oxygen atoms in total. The molecule has 0 saturated heterocycles. The van der Waals surface area contributed by atoms with Crippen LogP contribution in [0.5, 0.6) is 0 Å².